The van der Waals surface area contributed by atoms with E-state index in [1.54, 1.807) is 23.5 Å². The Morgan fingerprint density at radius 2 is 1.85 bits per heavy atom. The lowest BCUT2D eigenvalue weighted by molar-refractivity contribution is -0.167. The Kier molecular flexibility index (Phi) is 4.81. The normalized spacial score (nSPS) is 15.5. The van der Waals surface area contributed by atoms with Gasteiger partial charge in [0.15, 0.2) is 5.70 Å². The lowest BCUT2D eigenvalue weighted by Crippen LogP contribution is -2.29. The number of nitrogens with zero attached hydrogens (tertiary/aromatic N) is 1. The molecule has 138 valence electrons. The van der Waals surface area contributed by atoms with E-state index in [9.17, 15) is 22.8 Å². The SMILES string of the molecule is Cc1ccc(C2=N/C(=C\c3cccc(NC(=O)C(F)(F)F)c3)C(=O)O2)cc1. The lowest BCUT2D eigenvalue weighted by Gasteiger charge is -2.08. The molecule has 0 fully saturated rings. The molecular weight excluding hydrogens is 361 g/mol. The molecule has 1 N–H and O–H groups in total. The summed E-state index contributed by atoms with van der Waals surface area (Å²) in [5, 5.41) is 1.75. The quantitative estimate of drug-likeness (QED) is 0.656. The van der Waals surface area contributed by atoms with Crippen LogP contribution in [0.3, 0.4) is 0 Å². The van der Waals surface area contributed by atoms with Crippen molar-refractivity contribution in [3.8, 4) is 0 Å². The van der Waals surface area contributed by atoms with Crippen LogP contribution < -0.4 is 5.32 Å². The number of rotatable bonds is 3. The van der Waals surface area contributed by atoms with Crippen LogP contribution in [0.1, 0.15) is 16.7 Å². The molecule has 0 saturated carbocycles. The van der Waals surface area contributed by atoms with E-state index in [4.69, 9.17) is 4.74 Å². The van der Waals surface area contributed by atoms with E-state index < -0.39 is 18.1 Å². The molecule has 0 atom stereocenters. The molecule has 0 radical (unpaired) electrons. The average molecular weight is 374 g/mol. The first kappa shape index (κ1) is 18.4. The van der Waals surface area contributed by atoms with Crippen LogP contribution >= 0.6 is 0 Å². The number of anilines is 1. The number of amides is 1. The molecule has 0 saturated heterocycles. The highest BCUT2D eigenvalue weighted by molar-refractivity contribution is 6.12. The van der Waals surface area contributed by atoms with Gasteiger partial charge in [-0.3, -0.25) is 4.79 Å². The number of benzene rings is 2. The first-order chi connectivity index (χ1) is 12.7. The summed E-state index contributed by atoms with van der Waals surface area (Å²) in [6.07, 6.45) is -3.62. The van der Waals surface area contributed by atoms with Crippen molar-refractivity contribution in [3.63, 3.8) is 0 Å². The van der Waals surface area contributed by atoms with Crippen molar-refractivity contribution in [2.45, 2.75) is 13.1 Å². The maximum Gasteiger partial charge on any atom is 0.471 e. The molecule has 1 heterocycles. The molecule has 0 aliphatic carbocycles. The summed E-state index contributed by atoms with van der Waals surface area (Å²) in [4.78, 5) is 27.2. The van der Waals surface area contributed by atoms with Crippen LogP contribution in [0.25, 0.3) is 6.08 Å². The number of alkyl halides is 3. The minimum atomic E-state index is -4.99. The predicted octanol–water partition coefficient (Wildman–Crippen LogP) is 3.84. The molecule has 0 unspecified atom stereocenters. The molecule has 2 aromatic carbocycles. The van der Waals surface area contributed by atoms with Crippen LogP contribution in [0.15, 0.2) is 59.2 Å². The highest BCUT2D eigenvalue weighted by Gasteiger charge is 2.38. The number of nitrogens with one attached hydrogen (secondary N) is 1. The van der Waals surface area contributed by atoms with Gasteiger partial charge in [-0.15, -0.1) is 0 Å². The Hall–Kier alpha value is -3.42. The van der Waals surface area contributed by atoms with Crippen molar-refractivity contribution >= 4 is 29.5 Å². The molecule has 0 spiro atoms. The molecular formula is C19H13F3N2O3. The van der Waals surface area contributed by atoms with Gasteiger partial charge in [0, 0.05) is 11.3 Å². The van der Waals surface area contributed by atoms with E-state index in [2.05, 4.69) is 4.99 Å². The Labute approximate surface area is 152 Å². The molecule has 0 bridgehead atoms. The van der Waals surface area contributed by atoms with Crippen molar-refractivity contribution in [1.82, 2.24) is 0 Å². The molecule has 1 aliphatic heterocycles. The van der Waals surface area contributed by atoms with Gasteiger partial charge in [0.05, 0.1) is 0 Å². The summed E-state index contributed by atoms with van der Waals surface area (Å²) < 4.78 is 42.2. The Morgan fingerprint density at radius 3 is 2.52 bits per heavy atom. The second-order valence-electron chi connectivity index (χ2n) is 5.78. The van der Waals surface area contributed by atoms with Gasteiger partial charge in [-0.05, 0) is 42.8 Å². The van der Waals surface area contributed by atoms with Crippen LogP contribution in [0.5, 0.6) is 0 Å². The van der Waals surface area contributed by atoms with Crippen molar-refractivity contribution < 1.29 is 27.5 Å². The number of carbonyl (C=O) groups is 2. The van der Waals surface area contributed by atoms with E-state index in [-0.39, 0.29) is 17.3 Å². The Bertz CT molecular complexity index is 961. The van der Waals surface area contributed by atoms with Crippen molar-refractivity contribution in [1.29, 1.82) is 0 Å². The van der Waals surface area contributed by atoms with Crippen LogP contribution in [0.4, 0.5) is 18.9 Å². The monoisotopic (exact) mass is 374 g/mol. The van der Waals surface area contributed by atoms with E-state index in [0.717, 1.165) is 5.56 Å². The minimum Gasteiger partial charge on any atom is -0.402 e. The van der Waals surface area contributed by atoms with Gasteiger partial charge in [-0.1, -0.05) is 29.8 Å². The molecule has 27 heavy (non-hydrogen) atoms. The third kappa shape index (κ3) is 4.41. The molecule has 3 rings (SSSR count). The fourth-order valence-corrected chi connectivity index (χ4v) is 2.29. The van der Waals surface area contributed by atoms with Gasteiger partial charge >= 0.3 is 18.1 Å². The zero-order valence-electron chi connectivity index (χ0n) is 14.0. The molecule has 2 aromatic rings. The summed E-state index contributed by atoms with van der Waals surface area (Å²) in [7, 11) is 0. The number of esters is 1. The zero-order valence-corrected chi connectivity index (χ0v) is 14.0. The highest BCUT2D eigenvalue weighted by Crippen LogP contribution is 2.22. The second-order valence-corrected chi connectivity index (χ2v) is 5.78. The van der Waals surface area contributed by atoms with E-state index in [1.165, 1.54) is 24.3 Å². The highest BCUT2D eigenvalue weighted by atomic mass is 19.4. The standard InChI is InChI=1S/C19H13F3N2O3/c1-11-5-7-13(8-6-11)16-24-15(17(25)27-16)10-12-3-2-4-14(9-12)23-18(26)19(20,21)22/h2-10H,1H3,(H,23,26)/b15-10-. The zero-order chi connectivity index (χ0) is 19.6. The van der Waals surface area contributed by atoms with Gasteiger partial charge in [-0.2, -0.15) is 13.2 Å². The number of carbonyl (C=O) groups excluding carboxylic acids is 2. The number of halogens is 3. The number of hydrogen-bond acceptors (Lipinski definition) is 4. The number of ether oxygens (including phenoxy) is 1. The lowest BCUT2D eigenvalue weighted by atomic mass is 10.1. The van der Waals surface area contributed by atoms with Gasteiger partial charge in [-0.25, -0.2) is 9.79 Å². The summed E-state index contributed by atoms with van der Waals surface area (Å²) in [5.74, 6) is -2.60. The van der Waals surface area contributed by atoms with E-state index in [0.29, 0.717) is 11.1 Å². The molecule has 8 heteroatoms. The smallest absolute Gasteiger partial charge is 0.402 e. The largest absolute Gasteiger partial charge is 0.471 e. The molecule has 1 aliphatic rings. The summed E-state index contributed by atoms with van der Waals surface area (Å²) in [5.41, 5.74) is 2.00. The van der Waals surface area contributed by atoms with Gasteiger partial charge in [0.1, 0.15) is 0 Å². The first-order valence-corrected chi connectivity index (χ1v) is 7.80. The van der Waals surface area contributed by atoms with Crippen molar-refractivity contribution in [3.05, 3.63) is 70.9 Å². The minimum absolute atomic E-state index is 0.00451. The fourth-order valence-electron chi connectivity index (χ4n) is 2.29. The number of cyclic esters (lactones) is 1. The van der Waals surface area contributed by atoms with E-state index >= 15 is 0 Å². The molecule has 5 nitrogen and oxygen atoms in total. The van der Waals surface area contributed by atoms with Gasteiger partial charge in [0.25, 0.3) is 0 Å². The maximum atomic E-state index is 12.3. The number of hydrogen-bond donors (Lipinski definition) is 1. The second kappa shape index (κ2) is 7.06. The van der Waals surface area contributed by atoms with Crippen LogP contribution in [0.2, 0.25) is 0 Å². The number of aliphatic imine (C=N–C) groups is 1. The summed E-state index contributed by atoms with van der Waals surface area (Å²) in [6.45, 7) is 1.92. The average Bonchev–Trinajstić information content (AvgIpc) is 2.95. The predicted molar refractivity (Wildman–Crippen MR) is 92.9 cm³/mol. The van der Waals surface area contributed by atoms with Crippen LogP contribution in [-0.4, -0.2) is 24.0 Å². The topological polar surface area (TPSA) is 67.8 Å². The maximum absolute atomic E-state index is 12.3. The molecule has 0 aromatic heterocycles. The van der Waals surface area contributed by atoms with Crippen LogP contribution in [-0.2, 0) is 14.3 Å². The van der Waals surface area contributed by atoms with E-state index in [1.807, 2.05) is 19.1 Å². The molecule has 1 amide bonds. The fraction of sp³-hybridized carbons (Fsp3) is 0.105. The summed E-state index contributed by atoms with van der Waals surface area (Å²) in [6, 6.07) is 12.8. The number of aryl methyl sites for hydroxylation is 1. The first-order valence-electron chi connectivity index (χ1n) is 7.80. The third-order valence-electron chi connectivity index (χ3n) is 3.62. The summed E-state index contributed by atoms with van der Waals surface area (Å²) >= 11 is 0. The van der Waals surface area contributed by atoms with Crippen molar-refractivity contribution in [2.75, 3.05) is 5.32 Å². The van der Waals surface area contributed by atoms with Crippen molar-refractivity contribution in [2.24, 2.45) is 4.99 Å². The Morgan fingerprint density at radius 1 is 1.15 bits per heavy atom. The Balaban J connectivity index is 1.84. The third-order valence-corrected chi connectivity index (χ3v) is 3.62. The van der Waals surface area contributed by atoms with Gasteiger partial charge in [0.2, 0.25) is 5.90 Å². The van der Waals surface area contributed by atoms with Gasteiger partial charge < -0.3 is 10.1 Å². The van der Waals surface area contributed by atoms with Crippen LogP contribution in [0, 0.1) is 6.92 Å².